The van der Waals surface area contributed by atoms with Gasteiger partial charge in [-0.2, -0.15) is 0 Å². The number of aromatic amines is 1. The van der Waals surface area contributed by atoms with Crippen molar-refractivity contribution in [3.63, 3.8) is 0 Å². The van der Waals surface area contributed by atoms with Gasteiger partial charge < -0.3 is 5.11 Å². The molecule has 0 aliphatic heterocycles. The molecule has 0 atom stereocenters. The lowest BCUT2D eigenvalue weighted by atomic mass is 10.3. The summed E-state index contributed by atoms with van der Waals surface area (Å²) < 4.78 is 1.51. The van der Waals surface area contributed by atoms with Gasteiger partial charge in [-0.05, 0) is 37.7 Å². The molecule has 100 valence electrons. The molecule has 2 heterocycles. The van der Waals surface area contributed by atoms with Gasteiger partial charge in [-0.1, -0.05) is 0 Å². The molecule has 0 saturated carbocycles. The maximum Gasteiger partial charge on any atom is 0.344 e. The van der Waals surface area contributed by atoms with Crippen LogP contribution in [-0.4, -0.2) is 30.8 Å². The third kappa shape index (κ3) is 2.84. The molecular formula is C11H12N4O3S. The van der Waals surface area contributed by atoms with Crippen LogP contribution in [-0.2, 0) is 0 Å². The Kier molecular flexibility index (Phi) is 3.70. The van der Waals surface area contributed by atoms with Crippen LogP contribution in [0.1, 0.15) is 30.2 Å². The molecule has 0 aliphatic carbocycles. The molecule has 0 radical (unpaired) electrons. The number of carboxylic acid groups (broad SMARTS) is 1. The standard InChI is InChI=1S/C11H12N4O3S/c1-6(2)15-10(18)13-14-11(15)19-8-4-3-7(5-12-8)9(16)17/h3-6H,1-2H3,(H,13,18)(H,16,17). The van der Waals surface area contributed by atoms with Gasteiger partial charge in [0.15, 0.2) is 5.16 Å². The van der Waals surface area contributed by atoms with Crippen LogP contribution >= 0.6 is 11.8 Å². The average molecular weight is 280 g/mol. The van der Waals surface area contributed by atoms with Crippen LogP contribution in [0.5, 0.6) is 0 Å². The fourth-order valence-corrected chi connectivity index (χ4v) is 2.39. The minimum atomic E-state index is -1.03. The van der Waals surface area contributed by atoms with E-state index in [0.29, 0.717) is 10.2 Å². The van der Waals surface area contributed by atoms with Crippen LogP contribution in [0.25, 0.3) is 0 Å². The second-order valence-corrected chi connectivity index (χ2v) is 5.05. The van der Waals surface area contributed by atoms with Crippen LogP contribution < -0.4 is 5.69 Å². The maximum absolute atomic E-state index is 11.5. The average Bonchev–Trinajstić information content (AvgIpc) is 2.71. The van der Waals surface area contributed by atoms with Gasteiger partial charge in [0.2, 0.25) is 0 Å². The minimum Gasteiger partial charge on any atom is -0.478 e. The predicted octanol–water partition coefficient (Wildman–Crippen LogP) is 1.40. The first-order chi connectivity index (χ1) is 8.99. The number of nitrogens with one attached hydrogen (secondary N) is 1. The van der Waals surface area contributed by atoms with Gasteiger partial charge in [0.05, 0.1) is 5.56 Å². The zero-order chi connectivity index (χ0) is 14.0. The summed E-state index contributed by atoms with van der Waals surface area (Å²) in [6.07, 6.45) is 1.27. The topological polar surface area (TPSA) is 101 Å². The Labute approximate surface area is 112 Å². The van der Waals surface area contributed by atoms with Gasteiger partial charge in [-0.25, -0.2) is 19.7 Å². The quantitative estimate of drug-likeness (QED) is 0.877. The zero-order valence-corrected chi connectivity index (χ0v) is 11.1. The van der Waals surface area contributed by atoms with Gasteiger partial charge in [0.25, 0.3) is 0 Å². The van der Waals surface area contributed by atoms with Crippen LogP contribution in [0.2, 0.25) is 0 Å². The van der Waals surface area contributed by atoms with E-state index in [0.717, 1.165) is 0 Å². The second-order valence-electron chi connectivity index (χ2n) is 4.07. The number of carboxylic acids is 1. The van der Waals surface area contributed by atoms with E-state index in [1.54, 1.807) is 6.07 Å². The summed E-state index contributed by atoms with van der Waals surface area (Å²) in [5.41, 5.74) is -0.160. The van der Waals surface area contributed by atoms with Gasteiger partial charge in [0.1, 0.15) is 5.03 Å². The summed E-state index contributed by atoms with van der Waals surface area (Å²) in [6, 6.07) is 3.02. The number of hydrogen-bond acceptors (Lipinski definition) is 5. The summed E-state index contributed by atoms with van der Waals surface area (Å²) in [7, 11) is 0. The maximum atomic E-state index is 11.5. The third-order valence-electron chi connectivity index (χ3n) is 2.37. The van der Waals surface area contributed by atoms with E-state index in [2.05, 4.69) is 15.2 Å². The van der Waals surface area contributed by atoms with Crippen molar-refractivity contribution in [2.24, 2.45) is 0 Å². The highest BCUT2D eigenvalue weighted by atomic mass is 32.2. The Morgan fingerprint density at radius 1 is 1.47 bits per heavy atom. The summed E-state index contributed by atoms with van der Waals surface area (Å²) >= 11 is 1.20. The molecule has 0 bridgehead atoms. The first-order valence-electron chi connectivity index (χ1n) is 5.53. The first kappa shape index (κ1) is 13.3. The van der Waals surface area contributed by atoms with Crippen molar-refractivity contribution in [1.29, 1.82) is 0 Å². The Hall–Kier alpha value is -2.09. The van der Waals surface area contributed by atoms with Crippen molar-refractivity contribution >= 4 is 17.7 Å². The van der Waals surface area contributed by atoms with E-state index in [9.17, 15) is 9.59 Å². The van der Waals surface area contributed by atoms with E-state index in [1.807, 2.05) is 13.8 Å². The largest absolute Gasteiger partial charge is 0.478 e. The molecule has 7 nitrogen and oxygen atoms in total. The van der Waals surface area contributed by atoms with Crippen molar-refractivity contribution in [2.45, 2.75) is 30.1 Å². The zero-order valence-electron chi connectivity index (χ0n) is 10.3. The number of hydrogen-bond donors (Lipinski definition) is 2. The summed E-state index contributed by atoms with van der Waals surface area (Å²) in [5, 5.41) is 16.2. The van der Waals surface area contributed by atoms with E-state index < -0.39 is 5.97 Å². The number of H-pyrrole nitrogens is 1. The Morgan fingerprint density at radius 2 is 2.21 bits per heavy atom. The molecule has 2 aromatic heterocycles. The highest BCUT2D eigenvalue weighted by Crippen LogP contribution is 2.24. The van der Waals surface area contributed by atoms with Crippen LogP contribution in [0, 0.1) is 0 Å². The van der Waals surface area contributed by atoms with Gasteiger partial charge >= 0.3 is 11.7 Å². The molecule has 2 aromatic rings. The van der Waals surface area contributed by atoms with Gasteiger partial charge in [0, 0.05) is 12.2 Å². The summed E-state index contributed by atoms with van der Waals surface area (Å²) in [6.45, 7) is 3.75. The van der Waals surface area contributed by atoms with Crippen molar-refractivity contribution in [3.05, 3.63) is 34.4 Å². The van der Waals surface area contributed by atoms with E-state index in [1.165, 1.54) is 28.6 Å². The molecule has 0 aliphatic rings. The van der Waals surface area contributed by atoms with Gasteiger partial charge in [-0.3, -0.25) is 4.57 Å². The van der Waals surface area contributed by atoms with Crippen molar-refractivity contribution in [2.75, 3.05) is 0 Å². The molecule has 2 N–H and O–H groups in total. The normalized spacial score (nSPS) is 10.9. The lowest BCUT2D eigenvalue weighted by Gasteiger charge is -2.07. The number of nitrogens with zero attached hydrogens (tertiary/aromatic N) is 3. The van der Waals surface area contributed by atoms with Crippen LogP contribution in [0.3, 0.4) is 0 Å². The van der Waals surface area contributed by atoms with E-state index in [4.69, 9.17) is 5.11 Å². The lowest BCUT2D eigenvalue weighted by Crippen LogP contribution is -2.19. The monoisotopic (exact) mass is 280 g/mol. The third-order valence-corrected chi connectivity index (χ3v) is 3.29. The lowest BCUT2D eigenvalue weighted by molar-refractivity contribution is 0.0696. The molecule has 0 aromatic carbocycles. The minimum absolute atomic E-state index is 0.0213. The van der Waals surface area contributed by atoms with E-state index >= 15 is 0 Å². The predicted molar refractivity (Wildman–Crippen MR) is 68.6 cm³/mol. The number of carbonyl (C=O) groups is 1. The van der Waals surface area contributed by atoms with Crippen molar-refractivity contribution < 1.29 is 9.90 Å². The van der Waals surface area contributed by atoms with Crippen molar-refractivity contribution in [1.82, 2.24) is 19.7 Å². The fourth-order valence-electron chi connectivity index (χ4n) is 1.48. The molecule has 2 rings (SSSR count). The number of aromatic carboxylic acids is 1. The van der Waals surface area contributed by atoms with Gasteiger partial charge in [-0.15, -0.1) is 5.10 Å². The highest BCUT2D eigenvalue weighted by Gasteiger charge is 2.13. The van der Waals surface area contributed by atoms with E-state index in [-0.39, 0.29) is 17.3 Å². The molecular weight excluding hydrogens is 268 g/mol. The Balaban J connectivity index is 2.26. The number of pyridine rings is 1. The molecule has 8 heteroatoms. The summed E-state index contributed by atoms with van der Waals surface area (Å²) in [5.74, 6) is -1.03. The molecule has 19 heavy (non-hydrogen) atoms. The number of aromatic nitrogens is 4. The second kappa shape index (κ2) is 5.27. The smallest absolute Gasteiger partial charge is 0.344 e. The molecule has 0 spiro atoms. The SMILES string of the molecule is CC(C)n1c(Sc2ccc(C(=O)O)cn2)n[nH]c1=O. The van der Waals surface area contributed by atoms with Crippen LogP contribution in [0.4, 0.5) is 0 Å². The Morgan fingerprint density at radius 3 is 2.74 bits per heavy atom. The molecule has 0 amide bonds. The van der Waals surface area contributed by atoms with Crippen molar-refractivity contribution in [3.8, 4) is 0 Å². The molecule has 0 fully saturated rings. The molecule has 0 unspecified atom stereocenters. The Bertz CT molecular complexity index is 645. The highest BCUT2D eigenvalue weighted by molar-refractivity contribution is 7.99. The fraction of sp³-hybridized carbons (Fsp3) is 0.273. The number of rotatable bonds is 4. The summed E-state index contributed by atoms with van der Waals surface area (Å²) in [4.78, 5) is 26.3. The molecule has 0 saturated heterocycles. The van der Waals surface area contributed by atoms with Crippen LogP contribution in [0.15, 0.2) is 33.3 Å². The first-order valence-corrected chi connectivity index (χ1v) is 6.35.